The van der Waals surface area contributed by atoms with Crippen molar-refractivity contribution in [3.8, 4) is 0 Å². The van der Waals surface area contributed by atoms with Crippen LogP contribution in [-0.2, 0) is 17.9 Å². The molecule has 1 aliphatic rings. The van der Waals surface area contributed by atoms with Crippen molar-refractivity contribution in [1.82, 2.24) is 4.90 Å². The van der Waals surface area contributed by atoms with E-state index in [1.165, 1.54) is 0 Å². The summed E-state index contributed by atoms with van der Waals surface area (Å²) in [7, 11) is 1.69. The van der Waals surface area contributed by atoms with Gasteiger partial charge in [-0.1, -0.05) is 72.8 Å². The number of ether oxygens (including phenoxy) is 1. The Labute approximate surface area is 153 Å². The van der Waals surface area contributed by atoms with Crippen LogP contribution >= 0.6 is 0 Å². The first-order chi connectivity index (χ1) is 12.8. The first-order valence-electron chi connectivity index (χ1n) is 8.79. The molecule has 0 unspecified atom stereocenters. The molecule has 3 aromatic rings. The Kier molecular flexibility index (Phi) is 4.55. The standard InChI is InChI=1S/C23H21NO2/c1-26-16-17-12-13-21-20(14-17)15-24(23(21)25)22(18-8-4-2-5-9-18)19-10-6-3-7-11-19/h2-14,22H,15-16H2,1H3. The summed E-state index contributed by atoms with van der Waals surface area (Å²) in [5.74, 6) is 0.0849. The predicted octanol–water partition coefficient (Wildman–Crippen LogP) is 4.58. The topological polar surface area (TPSA) is 29.5 Å². The van der Waals surface area contributed by atoms with Crippen molar-refractivity contribution < 1.29 is 9.53 Å². The molecule has 1 heterocycles. The Balaban J connectivity index is 1.74. The second-order valence-electron chi connectivity index (χ2n) is 6.58. The summed E-state index contributed by atoms with van der Waals surface area (Å²) in [4.78, 5) is 15.1. The number of carbonyl (C=O) groups excluding carboxylic acids is 1. The van der Waals surface area contributed by atoms with Crippen LogP contribution in [0.15, 0.2) is 78.9 Å². The van der Waals surface area contributed by atoms with E-state index in [1.54, 1.807) is 7.11 Å². The lowest BCUT2D eigenvalue weighted by atomic mass is 9.97. The molecule has 0 aliphatic carbocycles. The smallest absolute Gasteiger partial charge is 0.255 e. The van der Waals surface area contributed by atoms with E-state index in [1.807, 2.05) is 53.4 Å². The van der Waals surface area contributed by atoms with Gasteiger partial charge >= 0.3 is 0 Å². The summed E-state index contributed by atoms with van der Waals surface area (Å²) in [6, 6.07) is 26.3. The third kappa shape index (κ3) is 3.02. The number of fused-ring (bicyclic) bond motifs is 1. The zero-order chi connectivity index (χ0) is 17.9. The van der Waals surface area contributed by atoms with Gasteiger partial charge in [0.25, 0.3) is 5.91 Å². The molecule has 1 aliphatic heterocycles. The van der Waals surface area contributed by atoms with Crippen molar-refractivity contribution in [2.75, 3.05) is 7.11 Å². The Morgan fingerprint density at radius 3 is 2.12 bits per heavy atom. The van der Waals surface area contributed by atoms with E-state index in [9.17, 15) is 4.79 Å². The Hall–Kier alpha value is -2.91. The van der Waals surface area contributed by atoms with Crippen molar-refractivity contribution in [2.24, 2.45) is 0 Å². The van der Waals surface area contributed by atoms with Crippen molar-refractivity contribution in [2.45, 2.75) is 19.2 Å². The highest BCUT2D eigenvalue weighted by molar-refractivity contribution is 5.99. The molecule has 0 fully saturated rings. The normalized spacial score (nSPS) is 13.3. The van der Waals surface area contributed by atoms with Crippen LogP contribution in [0.4, 0.5) is 0 Å². The second kappa shape index (κ2) is 7.14. The zero-order valence-electron chi connectivity index (χ0n) is 14.8. The molecule has 0 N–H and O–H groups in total. The van der Waals surface area contributed by atoms with Gasteiger partial charge in [-0.15, -0.1) is 0 Å². The van der Waals surface area contributed by atoms with Crippen LogP contribution in [-0.4, -0.2) is 17.9 Å². The Morgan fingerprint density at radius 2 is 1.54 bits per heavy atom. The lowest BCUT2D eigenvalue weighted by molar-refractivity contribution is 0.0731. The van der Waals surface area contributed by atoms with Crippen LogP contribution in [0.1, 0.15) is 38.7 Å². The maximum atomic E-state index is 13.1. The number of carbonyl (C=O) groups is 1. The molecular weight excluding hydrogens is 322 g/mol. The van der Waals surface area contributed by atoms with Crippen molar-refractivity contribution in [3.63, 3.8) is 0 Å². The number of hydrogen-bond acceptors (Lipinski definition) is 2. The third-order valence-electron chi connectivity index (χ3n) is 4.85. The van der Waals surface area contributed by atoms with E-state index in [4.69, 9.17) is 4.74 Å². The monoisotopic (exact) mass is 343 g/mol. The SMILES string of the molecule is COCc1ccc2c(c1)CN(C(c1ccccc1)c1ccccc1)C2=O. The minimum Gasteiger partial charge on any atom is -0.380 e. The van der Waals surface area contributed by atoms with Gasteiger partial charge in [-0.2, -0.15) is 0 Å². The number of methoxy groups -OCH3 is 1. The van der Waals surface area contributed by atoms with Crippen LogP contribution in [0.2, 0.25) is 0 Å². The van der Waals surface area contributed by atoms with Gasteiger partial charge in [0.15, 0.2) is 0 Å². The van der Waals surface area contributed by atoms with Gasteiger partial charge in [0.05, 0.1) is 12.6 Å². The van der Waals surface area contributed by atoms with Gasteiger partial charge in [0, 0.05) is 19.2 Å². The van der Waals surface area contributed by atoms with Crippen molar-refractivity contribution >= 4 is 5.91 Å². The van der Waals surface area contributed by atoms with E-state index < -0.39 is 0 Å². The molecule has 3 aromatic carbocycles. The summed E-state index contributed by atoms with van der Waals surface area (Å²) in [6.45, 7) is 1.17. The van der Waals surface area contributed by atoms with Crippen molar-refractivity contribution in [1.29, 1.82) is 0 Å². The maximum Gasteiger partial charge on any atom is 0.255 e. The van der Waals surface area contributed by atoms with Gasteiger partial charge < -0.3 is 9.64 Å². The van der Waals surface area contributed by atoms with Crippen LogP contribution in [0.25, 0.3) is 0 Å². The summed E-state index contributed by atoms with van der Waals surface area (Å²) >= 11 is 0. The summed E-state index contributed by atoms with van der Waals surface area (Å²) in [6.07, 6.45) is 0. The van der Waals surface area contributed by atoms with Crippen LogP contribution in [0.5, 0.6) is 0 Å². The maximum absolute atomic E-state index is 13.1. The highest BCUT2D eigenvalue weighted by Crippen LogP contribution is 2.36. The van der Waals surface area contributed by atoms with Gasteiger partial charge in [-0.25, -0.2) is 0 Å². The summed E-state index contributed by atoms with van der Waals surface area (Å²) < 4.78 is 5.23. The second-order valence-corrected chi connectivity index (χ2v) is 6.58. The number of hydrogen-bond donors (Lipinski definition) is 0. The average molecular weight is 343 g/mol. The van der Waals surface area contributed by atoms with E-state index in [0.717, 1.165) is 27.8 Å². The molecule has 0 radical (unpaired) electrons. The van der Waals surface area contributed by atoms with Gasteiger partial charge in [0.1, 0.15) is 0 Å². The molecule has 4 rings (SSSR count). The van der Waals surface area contributed by atoms with Crippen molar-refractivity contribution in [3.05, 3.63) is 107 Å². The fourth-order valence-electron chi connectivity index (χ4n) is 3.68. The van der Waals surface area contributed by atoms with Crippen LogP contribution in [0.3, 0.4) is 0 Å². The molecule has 130 valence electrons. The first-order valence-corrected chi connectivity index (χ1v) is 8.79. The number of nitrogens with zero attached hydrogens (tertiary/aromatic N) is 1. The summed E-state index contributed by atoms with van der Waals surface area (Å²) in [5.41, 5.74) is 5.20. The molecule has 0 aromatic heterocycles. The van der Waals surface area contributed by atoms with E-state index in [2.05, 4.69) is 30.3 Å². The predicted molar refractivity (Wildman–Crippen MR) is 102 cm³/mol. The fraction of sp³-hybridized carbons (Fsp3) is 0.174. The quantitative estimate of drug-likeness (QED) is 0.679. The molecule has 0 bridgehead atoms. The van der Waals surface area contributed by atoms with Crippen LogP contribution in [0, 0.1) is 0 Å². The average Bonchev–Trinajstić information content (AvgIpc) is 3.00. The molecule has 3 nitrogen and oxygen atoms in total. The molecule has 3 heteroatoms. The molecule has 1 amide bonds. The molecule has 0 atom stereocenters. The molecular formula is C23H21NO2. The van der Waals surface area contributed by atoms with Gasteiger partial charge in [-0.05, 0) is 28.3 Å². The number of amides is 1. The first kappa shape index (κ1) is 16.6. The third-order valence-corrected chi connectivity index (χ3v) is 4.85. The summed E-state index contributed by atoms with van der Waals surface area (Å²) in [5, 5.41) is 0. The number of benzene rings is 3. The number of rotatable bonds is 5. The highest BCUT2D eigenvalue weighted by Gasteiger charge is 2.34. The van der Waals surface area contributed by atoms with E-state index in [-0.39, 0.29) is 11.9 Å². The molecule has 26 heavy (non-hydrogen) atoms. The minimum absolute atomic E-state index is 0.0849. The molecule has 0 saturated heterocycles. The fourth-order valence-corrected chi connectivity index (χ4v) is 3.68. The van der Waals surface area contributed by atoms with E-state index >= 15 is 0 Å². The highest BCUT2D eigenvalue weighted by atomic mass is 16.5. The Morgan fingerprint density at radius 1 is 0.923 bits per heavy atom. The largest absolute Gasteiger partial charge is 0.380 e. The minimum atomic E-state index is -0.0943. The Bertz CT molecular complexity index is 867. The lowest BCUT2D eigenvalue weighted by Crippen LogP contribution is -2.30. The van der Waals surface area contributed by atoms with Gasteiger partial charge in [0.2, 0.25) is 0 Å². The van der Waals surface area contributed by atoms with Gasteiger partial charge in [-0.3, -0.25) is 4.79 Å². The lowest BCUT2D eigenvalue weighted by Gasteiger charge is -2.28. The molecule has 0 spiro atoms. The van der Waals surface area contributed by atoms with Crippen LogP contribution < -0.4 is 0 Å². The molecule has 0 saturated carbocycles. The zero-order valence-corrected chi connectivity index (χ0v) is 14.8. The van der Waals surface area contributed by atoms with E-state index in [0.29, 0.717) is 13.2 Å².